The molecule has 2 amide bonds. The molecular weight excluding hydrogens is 348 g/mol. The van der Waals surface area contributed by atoms with E-state index in [1.54, 1.807) is 11.9 Å². The molecule has 148 valence electrons. The highest BCUT2D eigenvalue weighted by atomic mass is 16.5. The van der Waals surface area contributed by atoms with E-state index in [0.717, 1.165) is 11.3 Å². The molecule has 27 heavy (non-hydrogen) atoms. The Labute approximate surface area is 159 Å². The molecule has 2 rings (SSSR count). The van der Waals surface area contributed by atoms with E-state index in [9.17, 15) is 14.4 Å². The van der Waals surface area contributed by atoms with Crippen LogP contribution in [0.1, 0.15) is 31.7 Å². The zero-order chi connectivity index (χ0) is 19.8. The third-order valence-electron chi connectivity index (χ3n) is 4.78. The highest BCUT2D eigenvalue weighted by molar-refractivity contribution is 5.85. The Kier molecular flexibility index (Phi) is 7.64. The molecule has 1 N–H and O–H groups in total. The average Bonchev–Trinajstić information content (AvgIpc) is 2.67. The summed E-state index contributed by atoms with van der Waals surface area (Å²) in [5.74, 6) is -0.881. The lowest BCUT2D eigenvalue weighted by atomic mass is 9.98. The molecule has 7 heteroatoms. The SMILES string of the molecule is CCOc1ccc(CCC(=O)N(C)CC(=O)N2CCCC(C(=O)O)C2)cc1. The molecule has 0 spiro atoms. The third kappa shape index (κ3) is 6.27. The quantitative estimate of drug-likeness (QED) is 0.748. The fourth-order valence-corrected chi connectivity index (χ4v) is 3.16. The van der Waals surface area contributed by atoms with Gasteiger partial charge in [0.15, 0.2) is 0 Å². The van der Waals surface area contributed by atoms with E-state index in [1.165, 1.54) is 4.90 Å². The van der Waals surface area contributed by atoms with Crippen LogP contribution >= 0.6 is 0 Å². The van der Waals surface area contributed by atoms with Crippen LogP contribution in [0.5, 0.6) is 5.75 Å². The standard InChI is InChI=1S/C20H28N2O5/c1-3-27-17-9-6-15(7-10-17)8-11-18(23)21(2)14-19(24)22-12-4-5-16(13-22)20(25)26/h6-7,9-10,16H,3-5,8,11-14H2,1-2H3,(H,25,26). The van der Waals surface area contributed by atoms with Crippen molar-refractivity contribution in [2.45, 2.75) is 32.6 Å². The number of rotatable bonds is 8. The van der Waals surface area contributed by atoms with E-state index in [4.69, 9.17) is 9.84 Å². The molecule has 0 aliphatic carbocycles. The van der Waals surface area contributed by atoms with Gasteiger partial charge in [-0.3, -0.25) is 14.4 Å². The average molecular weight is 376 g/mol. The van der Waals surface area contributed by atoms with E-state index >= 15 is 0 Å². The van der Waals surface area contributed by atoms with Crippen molar-refractivity contribution in [3.05, 3.63) is 29.8 Å². The summed E-state index contributed by atoms with van der Waals surface area (Å²) in [5.41, 5.74) is 1.03. The summed E-state index contributed by atoms with van der Waals surface area (Å²) < 4.78 is 5.39. The molecule has 1 aromatic carbocycles. The molecule has 1 aliphatic rings. The second-order valence-corrected chi connectivity index (χ2v) is 6.84. The van der Waals surface area contributed by atoms with Gasteiger partial charge in [-0.1, -0.05) is 12.1 Å². The zero-order valence-corrected chi connectivity index (χ0v) is 16.0. The number of ether oxygens (including phenoxy) is 1. The molecule has 0 bridgehead atoms. The van der Waals surface area contributed by atoms with Gasteiger partial charge in [0.05, 0.1) is 19.1 Å². The van der Waals surface area contributed by atoms with Gasteiger partial charge in [-0.2, -0.15) is 0 Å². The number of aliphatic carboxylic acids is 1. The lowest BCUT2D eigenvalue weighted by Crippen LogP contribution is -2.46. The number of likely N-dealkylation sites (tertiary alicyclic amines) is 1. The van der Waals surface area contributed by atoms with Crippen molar-refractivity contribution in [2.75, 3.05) is 33.3 Å². The molecule has 0 radical (unpaired) electrons. The van der Waals surface area contributed by atoms with Crippen LogP contribution in [0.15, 0.2) is 24.3 Å². The van der Waals surface area contributed by atoms with Crippen molar-refractivity contribution >= 4 is 17.8 Å². The Balaban J connectivity index is 1.79. The summed E-state index contributed by atoms with van der Waals surface area (Å²) in [7, 11) is 1.61. The van der Waals surface area contributed by atoms with Gasteiger partial charge in [0, 0.05) is 26.6 Å². The van der Waals surface area contributed by atoms with Gasteiger partial charge in [0.1, 0.15) is 5.75 Å². The minimum atomic E-state index is -0.868. The molecular formula is C20H28N2O5. The number of piperidine rings is 1. The maximum atomic E-state index is 12.4. The minimum Gasteiger partial charge on any atom is -0.494 e. The number of carbonyl (C=O) groups is 3. The number of carboxylic acids is 1. The topological polar surface area (TPSA) is 87.2 Å². The molecule has 0 saturated carbocycles. The Morgan fingerprint density at radius 3 is 2.59 bits per heavy atom. The van der Waals surface area contributed by atoms with E-state index in [1.807, 2.05) is 31.2 Å². The molecule has 1 fully saturated rings. The summed E-state index contributed by atoms with van der Waals surface area (Å²) in [5, 5.41) is 9.12. The van der Waals surface area contributed by atoms with Crippen LogP contribution < -0.4 is 4.74 Å². The van der Waals surface area contributed by atoms with Gasteiger partial charge >= 0.3 is 5.97 Å². The van der Waals surface area contributed by atoms with Crippen LogP contribution in [0.2, 0.25) is 0 Å². The Hall–Kier alpha value is -2.57. The number of benzene rings is 1. The third-order valence-corrected chi connectivity index (χ3v) is 4.78. The molecule has 1 aliphatic heterocycles. The number of hydrogen-bond acceptors (Lipinski definition) is 4. The van der Waals surface area contributed by atoms with E-state index < -0.39 is 11.9 Å². The van der Waals surface area contributed by atoms with Gasteiger partial charge in [0.25, 0.3) is 0 Å². The second-order valence-electron chi connectivity index (χ2n) is 6.84. The summed E-state index contributed by atoms with van der Waals surface area (Å²) in [4.78, 5) is 38.8. The van der Waals surface area contributed by atoms with Crippen molar-refractivity contribution < 1.29 is 24.2 Å². The fraction of sp³-hybridized carbons (Fsp3) is 0.550. The van der Waals surface area contributed by atoms with Crippen molar-refractivity contribution in [3.8, 4) is 5.75 Å². The molecule has 1 saturated heterocycles. The van der Waals surface area contributed by atoms with Crippen LogP contribution in [0.3, 0.4) is 0 Å². The van der Waals surface area contributed by atoms with Crippen LogP contribution in [0.25, 0.3) is 0 Å². The molecule has 0 aromatic heterocycles. The first-order valence-electron chi connectivity index (χ1n) is 9.37. The van der Waals surface area contributed by atoms with Gasteiger partial charge in [-0.25, -0.2) is 0 Å². The lowest BCUT2D eigenvalue weighted by Gasteiger charge is -2.32. The van der Waals surface area contributed by atoms with E-state index in [0.29, 0.717) is 38.8 Å². The van der Waals surface area contributed by atoms with Crippen LogP contribution in [-0.4, -0.2) is 66.0 Å². The van der Waals surface area contributed by atoms with Gasteiger partial charge in [-0.05, 0) is 43.9 Å². The van der Waals surface area contributed by atoms with Crippen molar-refractivity contribution in [1.29, 1.82) is 0 Å². The highest BCUT2D eigenvalue weighted by Gasteiger charge is 2.28. The molecule has 1 unspecified atom stereocenters. The van der Waals surface area contributed by atoms with Crippen molar-refractivity contribution in [3.63, 3.8) is 0 Å². The van der Waals surface area contributed by atoms with Crippen LogP contribution in [0.4, 0.5) is 0 Å². The van der Waals surface area contributed by atoms with Gasteiger partial charge in [-0.15, -0.1) is 0 Å². The fourth-order valence-electron chi connectivity index (χ4n) is 3.16. The summed E-state index contributed by atoms with van der Waals surface area (Å²) in [6, 6.07) is 7.63. The number of aryl methyl sites for hydroxylation is 1. The van der Waals surface area contributed by atoms with E-state index in [-0.39, 0.29) is 24.9 Å². The Bertz CT molecular complexity index is 659. The number of likely N-dealkylation sites (N-methyl/N-ethyl adjacent to an activating group) is 1. The summed E-state index contributed by atoms with van der Waals surface area (Å²) >= 11 is 0. The maximum absolute atomic E-state index is 12.4. The Morgan fingerprint density at radius 2 is 1.96 bits per heavy atom. The zero-order valence-electron chi connectivity index (χ0n) is 16.0. The largest absolute Gasteiger partial charge is 0.494 e. The molecule has 7 nitrogen and oxygen atoms in total. The second kappa shape index (κ2) is 9.94. The van der Waals surface area contributed by atoms with Gasteiger partial charge in [0.2, 0.25) is 11.8 Å². The van der Waals surface area contributed by atoms with Crippen molar-refractivity contribution in [2.24, 2.45) is 5.92 Å². The Morgan fingerprint density at radius 1 is 1.26 bits per heavy atom. The van der Waals surface area contributed by atoms with Gasteiger partial charge < -0.3 is 19.6 Å². The monoisotopic (exact) mass is 376 g/mol. The maximum Gasteiger partial charge on any atom is 0.308 e. The molecule has 1 atom stereocenters. The molecule has 1 aromatic rings. The predicted molar refractivity (Wildman–Crippen MR) is 101 cm³/mol. The minimum absolute atomic E-state index is 0.0194. The molecule has 1 heterocycles. The number of nitrogens with zero attached hydrogens (tertiary/aromatic N) is 2. The number of carboxylic acid groups (broad SMARTS) is 1. The summed E-state index contributed by atoms with van der Waals surface area (Å²) in [6.45, 7) is 3.30. The lowest BCUT2D eigenvalue weighted by molar-refractivity contribution is -0.147. The van der Waals surface area contributed by atoms with Crippen molar-refractivity contribution in [1.82, 2.24) is 9.80 Å². The van der Waals surface area contributed by atoms with E-state index in [2.05, 4.69) is 0 Å². The number of amides is 2. The normalized spacial score (nSPS) is 16.7. The summed E-state index contributed by atoms with van der Waals surface area (Å²) in [6.07, 6.45) is 2.18. The first-order chi connectivity index (χ1) is 12.9. The van der Waals surface area contributed by atoms with Crippen LogP contribution in [-0.2, 0) is 20.8 Å². The first-order valence-corrected chi connectivity index (χ1v) is 9.37. The number of carbonyl (C=O) groups excluding carboxylic acids is 2. The van der Waals surface area contributed by atoms with Crippen LogP contribution in [0, 0.1) is 5.92 Å². The highest BCUT2D eigenvalue weighted by Crippen LogP contribution is 2.17. The smallest absolute Gasteiger partial charge is 0.308 e. The number of hydrogen-bond donors (Lipinski definition) is 1. The first kappa shape index (κ1) is 20.7. The predicted octanol–water partition coefficient (Wildman–Crippen LogP) is 1.80.